The molecule has 1 aromatic heterocycles. The highest BCUT2D eigenvalue weighted by molar-refractivity contribution is 7.89. The van der Waals surface area contributed by atoms with E-state index in [0.29, 0.717) is 0 Å². The molecular weight excluding hydrogens is 269 g/mol. The van der Waals surface area contributed by atoms with Crippen LogP contribution in [0.4, 0.5) is 4.39 Å². The van der Waals surface area contributed by atoms with E-state index in [0.717, 1.165) is 5.56 Å². The van der Waals surface area contributed by atoms with Crippen molar-refractivity contribution in [3.8, 4) is 0 Å². The molecule has 0 aliphatic carbocycles. The number of hydrogen-bond donors (Lipinski definition) is 1. The van der Waals surface area contributed by atoms with Crippen LogP contribution < -0.4 is 0 Å². The molecule has 0 saturated carbocycles. The first-order valence-electron chi connectivity index (χ1n) is 5.65. The number of hydrogen-bond acceptors (Lipinski definition) is 3. The topological polar surface area (TPSA) is 66.1 Å². The van der Waals surface area contributed by atoms with E-state index >= 15 is 0 Å². The molecule has 102 valence electrons. The SMILES string of the molecule is CC(c1ccc(F)cc1)N(C)S(=O)(=O)c1cn[nH]c1. The van der Waals surface area contributed by atoms with Gasteiger partial charge < -0.3 is 0 Å². The van der Waals surface area contributed by atoms with Gasteiger partial charge in [-0.05, 0) is 24.6 Å². The predicted octanol–water partition coefficient (Wildman–Crippen LogP) is 1.93. The van der Waals surface area contributed by atoms with Crippen LogP contribution in [0.3, 0.4) is 0 Å². The smallest absolute Gasteiger partial charge is 0.246 e. The standard InChI is InChI=1S/C12H14FN3O2S/c1-9(10-3-5-11(13)6-4-10)16(2)19(17,18)12-7-14-15-8-12/h3-9H,1-2H3,(H,14,15). The van der Waals surface area contributed by atoms with Gasteiger partial charge in [0.2, 0.25) is 10.0 Å². The van der Waals surface area contributed by atoms with Crippen LogP contribution in [0.1, 0.15) is 18.5 Å². The van der Waals surface area contributed by atoms with E-state index in [9.17, 15) is 12.8 Å². The first kappa shape index (κ1) is 13.7. The number of nitrogens with one attached hydrogen (secondary N) is 1. The zero-order valence-corrected chi connectivity index (χ0v) is 11.4. The lowest BCUT2D eigenvalue weighted by molar-refractivity contribution is 0.398. The van der Waals surface area contributed by atoms with E-state index in [4.69, 9.17) is 0 Å². The average molecular weight is 283 g/mol. The summed E-state index contributed by atoms with van der Waals surface area (Å²) in [5.74, 6) is -0.351. The average Bonchev–Trinajstić information content (AvgIpc) is 2.92. The fourth-order valence-electron chi connectivity index (χ4n) is 1.71. The van der Waals surface area contributed by atoms with Crippen LogP contribution in [0.2, 0.25) is 0 Å². The molecule has 0 fully saturated rings. The fourth-order valence-corrected chi connectivity index (χ4v) is 2.96. The Kier molecular flexibility index (Phi) is 3.68. The largest absolute Gasteiger partial charge is 0.284 e. The molecule has 2 aromatic rings. The number of aromatic nitrogens is 2. The van der Waals surface area contributed by atoms with Crippen molar-refractivity contribution >= 4 is 10.0 Å². The Morgan fingerprint density at radius 1 is 1.32 bits per heavy atom. The van der Waals surface area contributed by atoms with E-state index in [1.165, 1.54) is 35.9 Å². The summed E-state index contributed by atoms with van der Waals surface area (Å²) < 4.78 is 38.6. The minimum atomic E-state index is -3.61. The van der Waals surface area contributed by atoms with Gasteiger partial charge in [-0.15, -0.1) is 0 Å². The van der Waals surface area contributed by atoms with Gasteiger partial charge in [0.15, 0.2) is 0 Å². The Morgan fingerprint density at radius 3 is 2.47 bits per heavy atom. The maximum absolute atomic E-state index is 12.9. The zero-order valence-electron chi connectivity index (χ0n) is 10.5. The molecule has 0 aliphatic heterocycles. The minimum absolute atomic E-state index is 0.101. The van der Waals surface area contributed by atoms with Crippen molar-refractivity contribution in [1.82, 2.24) is 14.5 Å². The highest BCUT2D eigenvalue weighted by Crippen LogP contribution is 2.25. The molecule has 0 amide bonds. The molecular formula is C12H14FN3O2S. The first-order chi connectivity index (χ1) is 8.93. The van der Waals surface area contributed by atoms with Crippen molar-refractivity contribution in [2.45, 2.75) is 17.9 Å². The van der Waals surface area contributed by atoms with Crippen LogP contribution in [-0.2, 0) is 10.0 Å². The van der Waals surface area contributed by atoms with Crippen LogP contribution in [-0.4, -0.2) is 30.0 Å². The monoisotopic (exact) mass is 283 g/mol. The van der Waals surface area contributed by atoms with Crippen LogP contribution >= 0.6 is 0 Å². The molecule has 5 nitrogen and oxygen atoms in total. The number of H-pyrrole nitrogens is 1. The van der Waals surface area contributed by atoms with Crippen molar-refractivity contribution in [3.63, 3.8) is 0 Å². The third-order valence-electron chi connectivity index (χ3n) is 3.05. The van der Waals surface area contributed by atoms with E-state index in [1.54, 1.807) is 19.1 Å². The number of rotatable bonds is 4. The second-order valence-electron chi connectivity index (χ2n) is 4.18. The predicted molar refractivity (Wildman–Crippen MR) is 68.4 cm³/mol. The molecule has 0 saturated heterocycles. The van der Waals surface area contributed by atoms with Crippen molar-refractivity contribution in [2.75, 3.05) is 7.05 Å². The Morgan fingerprint density at radius 2 is 1.95 bits per heavy atom. The number of benzene rings is 1. The molecule has 7 heteroatoms. The van der Waals surface area contributed by atoms with Crippen molar-refractivity contribution in [2.24, 2.45) is 0 Å². The highest BCUT2D eigenvalue weighted by Gasteiger charge is 2.26. The molecule has 0 bridgehead atoms. The van der Waals surface area contributed by atoms with Gasteiger partial charge in [0.05, 0.1) is 6.20 Å². The van der Waals surface area contributed by atoms with Gasteiger partial charge in [0, 0.05) is 19.3 Å². The summed E-state index contributed by atoms with van der Waals surface area (Å²) in [6.45, 7) is 1.74. The van der Waals surface area contributed by atoms with E-state index in [1.807, 2.05) is 0 Å². The molecule has 1 heterocycles. The second kappa shape index (κ2) is 5.10. The van der Waals surface area contributed by atoms with Gasteiger partial charge >= 0.3 is 0 Å². The quantitative estimate of drug-likeness (QED) is 0.932. The van der Waals surface area contributed by atoms with Crippen LogP contribution in [0, 0.1) is 5.82 Å². The molecule has 1 unspecified atom stereocenters. The minimum Gasteiger partial charge on any atom is -0.284 e. The number of nitrogens with zero attached hydrogens (tertiary/aromatic N) is 2. The van der Waals surface area contributed by atoms with Gasteiger partial charge in [-0.3, -0.25) is 5.10 Å². The summed E-state index contributed by atoms with van der Waals surface area (Å²) in [5, 5.41) is 6.11. The van der Waals surface area contributed by atoms with Gasteiger partial charge in [-0.25, -0.2) is 12.8 Å². The molecule has 0 radical (unpaired) electrons. The molecule has 1 aromatic carbocycles. The third-order valence-corrected chi connectivity index (χ3v) is 4.94. The van der Waals surface area contributed by atoms with Crippen LogP contribution in [0.5, 0.6) is 0 Å². The zero-order chi connectivity index (χ0) is 14.0. The summed E-state index contributed by atoms with van der Waals surface area (Å²) in [7, 11) is -2.12. The number of aromatic amines is 1. The van der Waals surface area contributed by atoms with Crippen molar-refractivity contribution < 1.29 is 12.8 Å². The third kappa shape index (κ3) is 2.66. The van der Waals surface area contributed by atoms with Gasteiger partial charge in [0.1, 0.15) is 10.7 Å². The van der Waals surface area contributed by atoms with Gasteiger partial charge in [-0.2, -0.15) is 9.40 Å². The van der Waals surface area contributed by atoms with E-state index < -0.39 is 16.1 Å². The number of sulfonamides is 1. The normalized spacial score (nSPS) is 13.7. The molecule has 2 rings (SSSR count). The summed E-state index contributed by atoms with van der Waals surface area (Å²) in [4.78, 5) is 0.101. The molecule has 1 N–H and O–H groups in total. The second-order valence-corrected chi connectivity index (χ2v) is 6.18. The first-order valence-corrected chi connectivity index (χ1v) is 7.09. The Labute approximate surface area is 111 Å². The van der Waals surface area contributed by atoms with Crippen molar-refractivity contribution in [1.29, 1.82) is 0 Å². The van der Waals surface area contributed by atoms with E-state index in [-0.39, 0.29) is 10.7 Å². The molecule has 19 heavy (non-hydrogen) atoms. The van der Waals surface area contributed by atoms with Crippen LogP contribution in [0.15, 0.2) is 41.6 Å². The fraction of sp³-hybridized carbons (Fsp3) is 0.250. The Balaban J connectivity index is 2.29. The number of halogens is 1. The summed E-state index contributed by atoms with van der Waals surface area (Å²) in [5.41, 5.74) is 0.718. The lowest BCUT2D eigenvalue weighted by atomic mass is 10.1. The maximum atomic E-state index is 12.9. The Hall–Kier alpha value is -1.73. The highest BCUT2D eigenvalue weighted by atomic mass is 32.2. The summed E-state index contributed by atoms with van der Waals surface area (Å²) in [6, 6.07) is 5.36. The lowest BCUT2D eigenvalue weighted by Crippen LogP contribution is -2.29. The summed E-state index contributed by atoms with van der Waals surface area (Å²) in [6.07, 6.45) is 2.58. The van der Waals surface area contributed by atoms with Gasteiger partial charge in [-0.1, -0.05) is 12.1 Å². The van der Waals surface area contributed by atoms with Gasteiger partial charge in [0.25, 0.3) is 0 Å². The molecule has 1 atom stereocenters. The summed E-state index contributed by atoms with van der Waals surface area (Å²) >= 11 is 0. The Bertz CT molecular complexity index is 638. The molecule has 0 spiro atoms. The van der Waals surface area contributed by atoms with Crippen molar-refractivity contribution in [3.05, 3.63) is 48.0 Å². The lowest BCUT2D eigenvalue weighted by Gasteiger charge is -2.23. The van der Waals surface area contributed by atoms with E-state index in [2.05, 4.69) is 10.2 Å². The maximum Gasteiger partial charge on any atom is 0.246 e. The van der Waals surface area contributed by atoms with Crippen LogP contribution in [0.25, 0.3) is 0 Å². The molecule has 0 aliphatic rings.